The van der Waals surface area contributed by atoms with Crippen LogP contribution in [0.1, 0.15) is 44.5 Å². The number of aliphatic hydroxyl groups is 1. The van der Waals surface area contributed by atoms with Crippen LogP contribution in [0.15, 0.2) is 12.5 Å². The molecule has 16 heavy (non-hydrogen) atoms. The van der Waals surface area contributed by atoms with Gasteiger partial charge in [-0.25, -0.2) is 4.98 Å². The Morgan fingerprint density at radius 3 is 2.75 bits per heavy atom. The first-order chi connectivity index (χ1) is 7.70. The standard InChI is InChI=1S/C12H21N3O/c1-9(2)15-8-14-7-11(15)12(16)10-3-5-13-6-4-10/h7-10,12-13,16H,3-6H2,1-2H3. The molecule has 0 spiro atoms. The van der Waals surface area contributed by atoms with Crippen LogP contribution in [0.4, 0.5) is 0 Å². The molecule has 2 heterocycles. The highest BCUT2D eigenvalue weighted by Gasteiger charge is 2.25. The summed E-state index contributed by atoms with van der Waals surface area (Å²) in [6, 6.07) is 0.355. The molecule has 0 amide bonds. The Morgan fingerprint density at radius 1 is 1.44 bits per heavy atom. The highest BCUT2D eigenvalue weighted by atomic mass is 16.3. The molecule has 2 rings (SSSR count). The SMILES string of the molecule is CC(C)n1cncc1C(O)C1CCNCC1. The zero-order valence-electron chi connectivity index (χ0n) is 10.1. The average molecular weight is 223 g/mol. The summed E-state index contributed by atoms with van der Waals surface area (Å²) in [7, 11) is 0. The number of nitrogens with zero attached hydrogens (tertiary/aromatic N) is 2. The minimum atomic E-state index is -0.369. The molecule has 0 aliphatic carbocycles. The fraction of sp³-hybridized carbons (Fsp3) is 0.750. The van der Waals surface area contributed by atoms with Gasteiger partial charge in [-0.15, -0.1) is 0 Å². The number of nitrogens with one attached hydrogen (secondary N) is 1. The third-order valence-electron chi connectivity index (χ3n) is 3.39. The lowest BCUT2D eigenvalue weighted by molar-refractivity contribution is 0.0808. The van der Waals surface area contributed by atoms with Gasteiger partial charge in [-0.3, -0.25) is 0 Å². The van der Waals surface area contributed by atoms with Gasteiger partial charge in [-0.1, -0.05) is 0 Å². The topological polar surface area (TPSA) is 50.1 Å². The maximum atomic E-state index is 10.4. The summed E-state index contributed by atoms with van der Waals surface area (Å²) < 4.78 is 2.06. The molecule has 0 bridgehead atoms. The van der Waals surface area contributed by atoms with E-state index in [4.69, 9.17) is 0 Å². The molecule has 90 valence electrons. The van der Waals surface area contributed by atoms with Crippen molar-refractivity contribution in [1.29, 1.82) is 0 Å². The van der Waals surface area contributed by atoms with E-state index in [1.54, 1.807) is 6.20 Å². The van der Waals surface area contributed by atoms with E-state index in [0.29, 0.717) is 12.0 Å². The second-order valence-electron chi connectivity index (χ2n) is 4.85. The Kier molecular flexibility index (Phi) is 3.61. The molecule has 4 heteroatoms. The van der Waals surface area contributed by atoms with Gasteiger partial charge in [0.2, 0.25) is 0 Å². The van der Waals surface area contributed by atoms with E-state index in [1.807, 2.05) is 6.33 Å². The van der Waals surface area contributed by atoms with Crippen molar-refractivity contribution in [2.24, 2.45) is 5.92 Å². The Morgan fingerprint density at radius 2 is 2.12 bits per heavy atom. The van der Waals surface area contributed by atoms with E-state index >= 15 is 0 Å². The first-order valence-electron chi connectivity index (χ1n) is 6.10. The number of imidazole rings is 1. The molecule has 1 atom stereocenters. The van der Waals surface area contributed by atoms with Crippen molar-refractivity contribution in [2.45, 2.75) is 38.8 Å². The molecule has 1 saturated heterocycles. The van der Waals surface area contributed by atoms with Crippen LogP contribution in [0.5, 0.6) is 0 Å². The van der Waals surface area contributed by atoms with Gasteiger partial charge in [0.15, 0.2) is 0 Å². The van der Waals surface area contributed by atoms with Gasteiger partial charge >= 0.3 is 0 Å². The number of hydrogen-bond donors (Lipinski definition) is 2. The Balaban J connectivity index is 2.12. The minimum Gasteiger partial charge on any atom is -0.387 e. The summed E-state index contributed by atoms with van der Waals surface area (Å²) in [6.07, 6.45) is 5.33. The van der Waals surface area contributed by atoms with Gasteiger partial charge in [-0.2, -0.15) is 0 Å². The summed E-state index contributed by atoms with van der Waals surface area (Å²) in [5.41, 5.74) is 0.960. The Bertz CT molecular complexity index is 329. The molecule has 1 aliphatic heterocycles. The molecular weight excluding hydrogens is 202 g/mol. The predicted octanol–water partition coefficient (Wildman–Crippen LogP) is 1.50. The molecule has 0 saturated carbocycles. The molecule has 1 aliphatic rings. The van der Waals surface area contributed by atoms with Gasteiger partial charge in [-0.05, 0) is 45.7 Å². The van der Waals surface area contributed by atoms with Gasteiger partial charge < -0.3 is 15.0 Å². The smallest absolute Gasteiger partial charge is 0.0984 e. The largest absolute Gasteiger partial charge is 0.387 e. The maximum Gasteiger partial charge on any atom is 0.0984 e. The van der Waals surface area contributed by atoms with E-state index < -0.39 is 0 Å². The van der Waals surface area contributed by atoms with E-state index in [1.165, 1.54) is 0 Å². The van der Waals surface area contributed by atoms with Crippen molar-refractivity contribution in [3.8, 4) is 0 Å². The maximum absolute atomic E-state index is 10.4. The zero-order valence-corrected chi connectivity index (χ0v) is 10.1. The van der Waals surface area contributed by atoms with Crippen LogP contribution in [0, 0.1) is 5.92 Å². The lowest BCUT2D eigenvalue weighted by atomic mass is 9.90. The van der Waals surface area contributed by atoms with Crippen LogP contribution in [-0.2, 0) is 0 Å². The fourth-order valence-electron chi connectivity index (χ4n) is 2.38. The third-order valence-corrected chi connectivity index (χ3v) is 3.39. The summed E-state index contributed by atoms with van der Waals surface area (Å²) in [5, 5.41) is 13.7. The normalized spacial score (nSPS) is 20.2. The quantitative estimate of drug-likeness (QED) is 0.816. The Hall–Kier alpha value is -0.870. The zero-order chi connectivity index (χ0) is 11.5. The predicted molar refractivity (Wildman–Crippen MR) is 63.2 cm³/mol. The van der Waals surface area contributed by atoms with E-state index in [0.717, 1.165) is 31.6 Å². The van der Waals surface area contributed by atoms with E-state index in [2.05, 4.69) is 28.7 Å². The molecule has 1 fully saturated rings. The van der Waals surface area contributed by atoms with Crippen LogP contribution in [0.2, 0.25) is 0 Å². The highest BCUT2D eigenvalue weighted by molar-refractivity contribution is 5.06. The number of piperidine rings is 1. The summed E-state index contributed by atoms with van der Waals surface area (Å²) in [6.45, 7) is 6.25. The van der Waals surface area contributed by atoms with Crippen molar-refractivity contribution in [1.82, 2.24) is 14.9 Å². The van der Waals surface area contributed by atoms with Gasteiger partial charge in [0.25, 0.3) is 0 Å². The van der Waals surface area contributed by atoms with E-state index in [-0.39, 0.29) is 6.10 Å². The fourth-order valence-corrected chi connectivity index (χ4v) is 2.38. The highest BCUT2D eigenvalue weighted by Crippen LogP contribution is 2.29. The molecule has 1 unspecified atom stereocenters. The monoisotopic (exact) mass is 223 g/mol. The summed E-state index contributed by atoms with van der Waals surface area (Å²) in [4.78, 5) is 4.15. The summed E-state index contributed by atoms with van der Waals surface area (Å²) in [5.74, 6) is 0.371. The number of aliphatic hydroxyl groups excluding tert-OH is 1. The minimum absolute atomic E-state index is 0.355. The van der Waals surface area contributed by atoms with Crippen molar-refractivity contribution >= 4 is 0 Å². The van der Waals surface area contributed by atoms with Crippen LogP contribution in [0.25, 0.3) is 0 Å². The van der Waals surface area contributed by atoms with Gasteiger partial charge in [0, 0.05) is 6.04 Å². The second-order valence-corrected chi connectivity index (χ2v) is 4.85. The third kappa shape index (κ3) is 2.28. The molecular formula is C12H21N3O. The number of rotatable bonds is 3. The van der Waals surface area contributed by atoms with Gasteiger partial charge in [0.1, 0.15) is 0 Å². The summed E-state index contributed by atoms with van der Waals surface area (Å²) >= 11 is 0. The lowest BCUT2D eigenvalue weighted by Gasteiger charge is -2.28. The van der Waals surface area contributed by atoms with Crippen molar-refractivity contribution in [2.75, 3.05) is 13.1 Å². The Labute approximate surface area is 96.7 Å². The first-order valence-corrected chi connectivity index (χ1v) is 6.10. The van der Waals surface area contributed by atoms with Gasteiger partial charge in [0.05, 0.1) is 24.3 Å². The number of hydrogen-bond acceptors (Lipinski definition) is 3. The molecule has 0 aromatic carbocycles. The molecule has 1 aromatic rings. The molecule has 4 nitrogen and oxygen atoms in total. The average Bonchev–Trinajstić information content (AvgIpc) is 2.78. The van der Waals surface area contributed by atoms with Crippen LogP contribution >= 0.6 is 0 Å². The molecule has 0 radical (unpaired) electrons. The lowest BCUT2D eigenvalue weighted by Crippen LogP contribution is -2.31. The van der Waals surface area contributed by atoms with E-state index in [9.17, 15) is 5.11 Å². The van der Waals surface area contributed by atoms with Crippen molar-refractivity contribution in [3.63, 3.8) is 0 Å². The number of aromatic nitrogens is 2. The molecule has 2 N–H and O–H groups in total. The van der Waals surface area contributed by atoms with Crippen molar-refractivity contribution in [3.05, 3.63) is 18.2 Å². The van der Waals surface area contributed by atoms with Crippen LogP contribution < -0.4 is 5.32 Å². The molecule has 1 aromatic heterocycles. The van der Waals surface area contributed by atoms with Crippen LogP contribution in [-0.4, -0.2) is 27.7 Å². The van der Waals surface area contributed by atoms with Crippen molar-refractivity contribution < 1.29 is 5.11 Å². The first kappa shape index (κ1) is 11.6. The second kappa shape index (κ2) is 4.97. The van der Waals surface area contributed by atoms with Crippen LogP contribution in [0.3, 0.4) is 0 Å².